The van der Waals surface area contributed by atoms with Crippen molar-refractivity contribution >= 4 is 17.7 Å². The summed E-state index contributed by atoms with van der Waals surface area (Å²) in [6, 6.07) is 4.58. The topological polar surface area (TPSA) is 73.8 Å². The second kappa shape index (κ2) is 7.60. The van der Waals surface area contributed by atoms with Crippen LogP contribution in [0.4, 0.5) is 0 Å². The summed E-state index contributed by atoms with van der Waals surface area (Å²) in [6.45, 7) is 11.1. The van der Waals surface area contributed by atoms with E-state index in [2.05, 4.69) is 56.9 Å². The van der Waals surface area contributed by atoms with Gasteiger partial charge in [0, 0.05) is 25.6 Å². The van der Waals surface area contributed by atoms with E-state index in [0.29, 0.717) is 12.8 Å². The Morgan fingerprint density at radius 3 is 2.32 bits per heavy atom. The molecule has 1 amide bonds. The van der Waals surface area contributed by atoms with Crippen LogP contribution < -0.4 is 5.73 Å². The second-order valence-corrected chi connectivity index (χ2v) is 8.49. The van der Waals surface area contributed by atoms with Gasteiger partial charge >= 0.3 is 0 Å². The fraction of sp³-hybridized carbons (Fsp3) is 0.526. The summed E-state index contributed by atoms with van der Waals surface area (Å²) < 4.78 is 1.95. The summed E-state index contributed by atoms with van der Waals surface area (Å²) in [6.07, 6.45) is 0.820. The lowest BCUT2D eigenvalue weighted by Crippen LogP contribution is -2.13. The molecule has 0 aliphatic heterocycles. The van der Waals surface area contributed by atoms with Gasteiger partial charge in [-0.15, -0.1) is 10.2 Å². The molecule has 25 heavy (non-hydrogen) atoms. The number of hydrogen-bond acceptors (Lipinski definition) is 4. The minimum absolute atomic E-state index is 0.153. The number of hydrogen-bond donors (Lipinski definition) is 1. The van der Waals surface area contributed by atoms with Gasteiger partial charge in [0.05, 0.1) is 0 Å². The van der Waals surface area contributed by atoms with Crippen LogP contribution in [-0.2, 0) is 29.4 Å². The van der Waals surface area contributed by atoms with Crippen molar-refractivity contribution in [2.24, 2.45) is 12.8 Å². The number of amides is 1. The van der Waals surface area contributed by atoms with Crippen LogP contribution in [0.3, 0.4) is 0 Å². The molecule has 0 bridgehead atoms. The minimum atomic E-state index is -0.317. The van der Waals surface area contributed by atoms with Crippen LogP contribution in [0.2, 0.25) is 0 Å². The van der Waals surface area contributed by atoms with E-state index in [-0.39, 0.29) is 11.3 Å². The van der Waals surface area contributed by atoms with E-state index in [1.807, 2.05) is 11.6 Å². The number of benzene rings is 1. The zero-order valence-electron chi connectivity index (χ0n) is 16.0. The van der Waals surface area contributed by atoms with E-state index >= 15 is 0 Å². The Balaban J connectivity index is 2.13. The number of rotatable bonds is 6. The fourth-order valence-corrected chi connectivity index (χ4v) is 3.84. The third-order valence-corrected chi connectivity index (χ3v) is 5.47. The molecule has 0 spiro atoms. The first kappa shape index (κ1) is 19.5. The third kappa shape index (κ3) is 4.84. The van der Waals surface area contributed by atoms with Crippen LogP contribution >= 0.6 is 11.8 Å². The van der Waals surface area contributed by atoms with Crippen LogP contribution in [-0.4, -0.2) is 20.7 Å². The van der Waals surface area contributed by atoms with Crippen molar-refractivity contribution in [1.82, 2.24) is 14.8 Å². The van der Waals surface area contributed by atoms with Crippen molar-refractivity contribution in [3.05, 3.63) is 40.2 Å². The van der Waals surface area contributed by atoms with Crippen LogP contribution in [0.25, 0.3) is 0 Å². The SMILES string of the molecule is Cc1cc(C(C)(C)C)cc(C)c1CSc1nnc(CCC(N)=O)n1C. The lowest BCUT2D eigenvalue weighted by atomic mass is 9.84. The molecule has 1 aromatic carbocycles. The van der Waals surface area contributed by atoms with Crippen LogP contribution in [0, 0.1) is 13.8 Å². The molecular formula is C19H28N4OS. The number of carbonyl (C=O) groups excluding carboxylic acids is 1. The van der Waals surface area contributed by atoms with Gasteiger partial charge in [-0.2, -0.15) is 0 Å². The summed E-state index contributed by atoms with van der Waals surface area (Å²) in [5, 5.41) is 9.28. The van der Waals surface area contributed by atoms with Crippen molar-refractivity contribution in [1.29, 1.82) is 0 Å². The molecule has 6 heteroatoms. The Kier molecular flexibility index (Phi) is 5.93. The summed E-state index contributed by atoms with van der Waals surface area (Å²) in [5.41, 5.74) is 10.7. The first-order chi connectivity index (χ1) is 11.6. The third-order valence-electron chi connectivity index (χ3n) is 4.43. The number of thioether (sulfide) groups is 1. The monoisotopic (exact) mass is 360 g/mol. The molecule has 2 N–H and O–H groups in total. The highest BCUT2D eigenvalue weighted by atomic mass is 32.2. The normalized spacial score (nSPS) is 11.8. The quantitative estimate of drug-likeness (QED) is 0.801. The van der Waals surface area contributed by atoms with E-state index in [4.69, 9.17) is 5.73 Å². The van der Waals surface area contributed by atoms with Crippen molar-refractivity contribution < 1.29 is 4.79 Å². The summed E-state index contributed by atoms with van der Waals surface area (Å²) in [7, 11) is 1.93. The number of aryl methyl sites for hydroxylation is 3. The summed E-state index contributed by atoms with van der Waals surface area (Å²) >= 11 is 1.67. The van der Waals surface area contributed by atoms with Crippen molar-refractivity contribution in [2.75, 3.05) is 0 Å². The molecule has 0 unspecified atom stereocenters. The second-order valence-electron chi connectivity index (χ2n) is 7.55. The van der Waals surface area contributed by atoms with Gasteiger partial charge in [0.2, 0.25) is 5.91 Å². The van der Waals surface area contributed by atoms with Gasteiger partial charge < -0.3 is 10.3 Å². The smallest absolute Gasteiger partial charge is 0.217 e. The Morgan fingerprint density at radius 2 is 1.80 bits per heavy atom. The molecule has 1 heterocycles. The molecule has 0 radical (unpaired) electrons. The molecule has 0 aliphatic carbocycles. The minimum Gasteiger partial charge on any atom is -0.370 e. The average Bonchev–Trinajstić information content (AvgIpc) is 2.84. The number of nitrogens with two attached hydrogens (primary N) is 1. The molecule has 0 fully saturated rings. The number of nitrogens with zero attached hydrogens (tertiary/aromatic N) is 3. The Morgan fingerprint density at radius 1 is 1.20 bits per heavy atom. The van der Waals surface area contributed by atoms with E-state index < -0.39 is 0 Å². The maximum absolute atomic E-state index is 10.9. The molecular weight excluding hydrogens is 332 g/mol. The number of carbonyl (C=O) groups is 1. The highest BCUT2D eigenvalue weighted by molar-refractivity contribution is 7.98. The van der Waals surface area contributed by atoms with Gasteiger partial charge in [0.15, 0.2) is 5.16 Å². The largest absolute Gasteiger partial charge is 0.370 e. The first-order valence-corrected chi connectivity index (χ1v) is 9.48. The molecule has 2 rings (SSSR count). The van der Waals surface area contributed by atoms with E-state index in [1.165, 1.54) is 22.3 Å². The molecule has 1 aromatic heterocycles. The van der Waals surface area contributed by atoms with Crippen molar-refractivity contribution in [2.45, 2.75) is 63.8 Å². The predicted octanol–water partition coefficient (Wildman–Crippen LogP) is 3.44. The van der Waals surface area contributed by atoms with Crippen LogP contribution in [0.5, 0.6) is 0 Å². The molecule has 2 aromatic rings. The average molecular weight is 361 g/mol. The molecule has 0 atom stereocenters. The van der Waals surface area contributed by atoms with Gasteiger partial charge in [-0.25, -0.2) is 0 Å². The Bertz CT molecular complexity index is 751. The highest BCUT2D eigenvalue weighted by Crippen LogP contribution is 2.30. The summed E-state index contributed by atoms with van der Waals surface area (Å²) in [4.78, 5) is 10.9. The van der Waals surface area contributed by atoms with Crippen LogP contribution in [0.15, 0.2) is 17.3 Å². The number of primary amides is 1. The van der Waals surface area contributed by atoms with Gasteiger partial charge in [-0.1, -0.05) is 44.7 Å². The van der Waals surface area contributed by atoms with Gasteiger partial charge in [-0.3, -0.25) is 4.79 Å². The maximum Gasteiger partial charge on any atom is 0.217 e. The summed E-state index contributed by atoms with van der Waals surface area (Å²) in [5.74, 6) is 1.32. The van der Waals surface area contributed by atoms with Crippen LogP contribution in [0.1, 0.15) is 55.3 Å². The lowest BCUT2D eigenvalue weighted by molar-refractivity contribution is -0.118. The van der Waals surface area contributed by atoms with E-state index in [1.54, 1.807) is 11.8 Å². The van der Waals surface area contributed by atoms with Gasteiger partial charge in [-0.05, 0) is 41.5 Å². The zero-order chi connectivity index (χ0) is 18.8. The molecule has 5 nitrogen and oxygen atoms in total. The van der Waals surface area contributed by atoms with Crippen molar-refractivity contribution in [3.8, 4) is 0 Å². The highest BCUT2D eigenvalue weighted by Gasteiger charge is 2.17. The predicted molar refractivity (Wildman–Crippen MR) is 103 cm³/mol. The first-order valence-electron chi connectivity index (χ1n) is 8.49. The van der Waals surface area contributed by atoms with E-state index in [0.717, 1.165) is 16.7 Å². The van der Waals surface area contributed by atoms with Gasteiger partial charge in [0.1, 0.15) is 5.82 Å². The molecule has 0 saturated carbocycles. The van der Waals surface area contributed by atoms with Gasteiger partial charge in [0.25, 0.3) is 0 Å². The fourth-order valence-electron chi connectivity index (χ4n) is 2.71. The van der Waals surface area contributed by atoms with Crippen molar-refractivity contribution in [3.63, 3.8) is 0 Å². The standard InChI is InChI=1S/C19H28N4OS/c1-12-9-14(19(3,4)5)10-13(2)15(12)11-25-18-22-21-17(23(18)6)8-7-16(20)24/h9-10H,7-8,11H2,1-6H3,(H2,20,24). The molecule has 136 valence electrons. The van der Waals surface area contributed by atoms with E-state index in [9.17, 15) is 4.79 Å². The molecule has 0 saturated heterocycles. The molecule has 0 aliphatic rings. The maximum atomic E-state index is 10.9. The lowest BCUT2D eigenvalue weighted by Gasteiger charge is -2.22. The zero-order valence-corrected chi connectivity index (χ0v) is 16.8. The Labute approximate surface area is 154 Å². The Hall–Kier alpha value is -1.82. The number of aromatic nitrogens is 3.